The second-order valence-corrected chi connectivity index (χ2v) is 3.11. The second-order valence-electron chi connectivity index (χ2n) is 2.56. The molecule has 1 aromatic rings. The van der Waals surface area contributed by atoms with Crippen LogP contribution in [0.1, 0.15) is 10.5 Å². The lowest BCUT2D eigenvalue weighted by Gasteiger charge is -2.18. The molecule has 76 valence electrons. The second kappa shape index (κ2) is 5.46. The average molecular weight is 213 g/mol. The van der Waals surface area contributed by atoms with Crippen molar-refractivity contribution in [2.45, 2.75) is 0 Å². The van der Waals surface area contributed by atoms with Crippen molar-refractivity contribution in [1.82, 2.24) is 13.6 Å². The van der Waals surface area contributed by atoms with E-state index >= 15 is 0 Å². The minimum Gasteiger partial charge on any atom is -0.395 e. The van der Waals surface area contributed by atoms with Crippen LogP contribution in [0.3, 0.4) is 0 Å². The van der Waals surface area contributed by atoms with Crippen molar-refractivity contribution in [2.24, 2.45) is 0 Å². The normalized spacial score (nSPS) is 9.79. The molecule has 6 heteroatoms. The molecule has 0 aliphatic rings. The predicted octanol–water partition coefficient (Wildman–Crippen LogP) is 0.159. The summed E-state index contributed by atoms with van der Waals surface area (Å²) in [6.07, 6.45) is 3.02. The number of hydrogen-bond donors (Lipinski definition) is 1. The molecule has 0 saturated carbocycles. The van der Waals surface area contributed by atoms with E-state index in [2.05, 4.69) is 15.3 Å². The summed E-state index contributed by atoms with van der Waals surface area (Å²) >= 11 is 0.986. The molecule has 1 heterocycles. The molecule has 0 radical (unpaired) electrons. The van der Waals surface area contributed by atoms with E-state index in [-0.39, 0.29) is 19.1 Å². The Hall–Kier alpha value is -1.27. The number of aromatic nitrogens is 2. The molecule has 0 aliphatic heterocycles. The fourth-order valence-corrected chi connectivity index (χ4v) is 1.38. The first kappa shape index (κ1) is 10.8. The summed E-state index contributed by atoms with van der Waals surface area (Å²) < 4.78 is 7.57. The molecular weight excluding hydrogens is 202 g/mol. The zero-order valence-electron chi connectivity index (χ0n) is 7.59. The van der Waals surface area contributed by atoms with Crippen molar-refractivity contribution in [3.63, 3.8) is 0 Å². The molecule has 1 aromatic heterocycles. The topological polar surface area (TPSA) is 66.3 Å². The Balaban J connectivity index is 2.68. The number of rotatable bonds is 5. The number of nitrogens with zero attached hydrogens (tertiary/aromatic N) is 3. The number of aliphatic hydroxyl groups excluding tert-OH is 1. The van der Waals surface area contributed by atoms with Crippen LogP contribution in [0.2, 0.25) is 0 Å². The lowest BCUT2D eigenvalue weighted by Crippen LogP contribution is -2.33. The van der Waals surface area contributed by atoms with Crippen LogP contribution in [0.25, 0.3) is 0 Å². The van der Waals surface area contributed by atoms with Crippen molar-refractivity contribution in [2.75, 3.05) is 19.7 Å². The van der Waals surface area contributed by atoms with Crippen molar-refractivity contribution in [1.29, 1.82) is 0 Å². The van der Waals surface area contributed by atoms with Crippen LogP contribution in [-0.4, -0.2) is 44.4 Å². The summed E-state index contributed by atoms with van der Waals surface area (Å²) in [6, 6.07) is 0. The summed E-state index contributed by atoms with van der Waals surface area (Å²) in [5, 5.41) is 8.75. The van der Waals surface area contributed by atoms with E-state index in [4.69, 9.17) is 5.11 Å². The first-order valence-corrected chi connectivity index (χ1v) is 4.81. The van der Waals surface area contributed by atoms with Crippen molar-refractivity contribution < 1.29 is 9.90 Å². The van der Waals surface area contributed by atoms with E-state index in [0.29, 0.717) is 12.2 Å². The monoisotopic (exact) mass is 213 g/mol. The van der Waals surface area contributed by atoms with Crippen LogP contribution in [0.15, 0.2) is 18.9 Å². The minimum atomic E-state index is -0.229. The third-order valence-corrected chi connectivity index (χ3v) is 2.07. The molecule has 0 atom stereocenters. The largest absolute Gasteiger partial charge is 0.395 e. The van der Waals surface area contributed by atoms with Crippen molar-refractivity contribution >= 4 is 17.6 Å². The fraction of sp³-hybridized carbons (Fsp3) is 0.375. The maximum absolute atomic E-state index is 11.7. The van der Waals surface area contributed by atoms with Gasteiger partial charge in [-0.15, -0.1) is 6.58 Å². The molecular formula is C8H11N3O2S. The van der Waals surface area contributed by atoms with Gasteiger partial charge >= 0.3 is 0 Å². The van der Waals surface area contributed by atoms with Crippen LogP contribution in [0, 0.1) is 0 Å². The van der Waals surface area contributed by atoms with Gasteiger partial charge in [-0.2, -0.15) is 8.75 Å². The van der Waals surface area contributed by atoms with Crippen LogP contribution in [0.4, 0.5) is 0 Å². The minimum absolute atomic E-state index is 0.0723. The summed E-state index contributed by atoms with van der Waals surface area (Å²) in [7, 11) is 0. The molecule has 14 heavy (non-hydrogen) atoms. The third-order valence-electron chi connectivity index (χ3n) is 1.59. The Bertz CT molecular complexity index is 300. The van der Waals surface area contributed by atoms with Crippen LogP contribution in [0.5, 0.6) is 0 Å². The highest BCUT2D eigenvalue weighted by Gasteiger charge is 2.15. The van der Waals surface area contributed by atoms with Crippen molar-refractivity contribution in [3.05, 3.63) is 24.5 Å². The Morgan fingerprint density at radius 1 is 1.79 bits per heavy atom. The van der Waals surface area contributed by atoms with Gasteiger partial charge < -0.3 is 10.0 Å². The van der Waals surface area contributed by atoms with Crippen LogP contribution < -0.4 is 0 Å². The van der Waals surface area contributed by atoms with Gasteiger partial charge in [0.05, 0.1) is 24.5 Å². The molecule has 0 fully saturated rings. The van der Waals surface area contributed by atoms with Crippen molar-refractivity contribution in [3.8, 4) is 0 Å². The maximum atomic E-state index is 11.7. The van der Waals surface area contributed by atoms with Crippen LogP contribution >= 0.6 is 11.7 Å². The van der Waals surface area contributed by atoms with E-state index in [1.165, 1.54) is 11.1 Å². The van der Waals surface area contributed by atoms with Gasteiger partial charge in [0, 0.05) is 13.1 Å². The molecule has 1 N–H and O–H groups in total. The lowest BCUT2D eigenvalue weighted by molar-refractivity contribution is 0.0738. The number of carbonyl (C=O) groups excluding carboxylic acids is 1. The van der Waals surface area contributed by atoms with Gasteiger partial charge in [-0.1, -0.05) is 6.08 Å². The molecule has 5 nitrogen and oxygen atoms in total. The number of carbonyl (C=O) groups is 1. The molecule has 0 saturated heterocycles. The zero-order valence-corrected chi connectivity index (χ0v) is 8.40. The summed E-state index contributed by atoms with van der Waals surface area (Å²) in [5.74, 6) is -0.229. The van der Waals surface area contributed by atoms with E-state index < -0.39 is 0 Å². The third kappa shape index (κ3) is 2.61. The molecule has 1 amide bonds. The van der Waals surface area contributed by atoms with Gasteiger partial charge in [0.15, 0.2) is 5.69 Å². The molecule has 0 aliphatic carbocycles. The molecule has 1 rings (SSSR count). The molecule has 0 spiro atoms. The van der Waals surface area contributed by atoms with E-state index in [1.807, 2.05) is 0 Å². The van der Waals surface area contributed by atoms with E-state index in [0.717, 1.165) is 11.7 Å². The number of hydrogen-bond acceptors (Lipinski definition) is 5. The van der Waals surface area contributed by atoms with Gasteiger partial charge in [0.25, 0.3) is 5.91 Å². The summed E-state index contributed by atoms with van der Waals surface area (Å²) in [4.78, 5) is 13.1. The number of amides is 1. The molecule has 0 aromatic carbocycles. The van der Waals surface area contributed by atoms with E-state index in [9.17, 15) is 4.79 Å². The highest BCUT2D eigenvalue weighted by Crippen LogP contribution is 2.02. The SMILES string of the molecule is C=CCN(CCO)C(=O)c1cnsn1. The van der Waals surface area contributed by atoms with Gasteiger partial charge in [-0.05, 0) is 0 Å². The highest BCUT2D eigenvalue weighted by molar-refractivity contribution is 6.99. The highest BCUT2D eigenvalue weighted by atomic mass is 32.1. The maximum Gasteiger partial charge on any atom is 0.275 e. The lowest BCUT2D eigenvalue weighted by atomic mass is 10.3. The Kier molecular flexibility index (Phi) is 4.21. The van der Waals surface area contributed by atoms with Gasteiger partial charge in [0.1, 0.15) is 0 Å². The van der Waals surface area contributed by atoms with Crippen LogP contribution in [-0.2, 0) is 0 Å². The smallest absolute Gasteiger partial charge is 0.275 e. The Morgan fingerprint density at radius 3 is 3.07 bits per heavy atom. The molecule has 0 bridgehead atoms. The van der Waals surface area contributed by atoms with Gasteiger partial charge in [-0.3, -0.25) is 4.79 Å². The van der Waals surface area contributed by atoms with Gasteiger partial charge in [0.2, 0.25) is 0 Å². The summed E-state index contributed by atoms with van der Waals surface area (Å²) in [6.45, 7) is 4.15. The summed E-state index contributed by atoms with van der Waals surface area (Å²) in [5.41, 5.74) is 0.310. The van der Waals surface area contributed by atoms with Gasteiger partial charge in [-0.25, -0.2) is 0 Å². The Labute approximate surface area is 86.0 Å². The zero-order chi connectivity index (χ0) is 10.4. The average Bonchev–Trinajstić information content (AvgIpc) is 2.69. The van der Waals surface area contributed by atoms with E-state index in [1.54, 1.807) is 6.08 Å². The molecule has 0 unspecified atom stereocenters. The first-order valence-electron chi connectivity index (χ1n) is 4.08. The Morgan fingerprint density at radius 2 is 2.57 bits per heavy atom. The predicted molar refractivity (Wildman–Crippen MR) is 53.1 cm³/mol. The quantitative estimate of drug-likeness (QED) is 0.707. The fourth-order valence-electron chi connectivity index (χ4n) is 0.973. The standard InChI is InChI=1S/C8H11N3O2S/c1-2-3-11(4-5-12)8(13)7-6-9-14-10-7/h2,6,12H,1,3-5H2. The number of aliphatic hydroxyl groups is 1. The first-order chi connectivity index (χ1) is 6.79.